The molecule has 6 heteroatoms. The van der Waals surface area contributed by atoms with Crippen LogP contribution in [0.15, 0.2) is 97.1 Å². The standard InChI is InChI=1S/C30H28O6/c31-23(19-34-24-9-5-2-6-10-24)15-16-25-26-17-29(32)35-28(26)18-27(25)36-30(33)22-13-11-21(12-14-22)20-7-3-1-4-8-20/h1-16,23,25-28,31H,17-19H2/t23?,25-,26-,27-,28+/m1/s1. The van der Waals surface area contributed by atoms with Crippen molar-refractivity contribution in [3.05, 3.63) is 103 Å². The van der Waals surface area contributed by atoms with Gasteiger partial charge in [0.1, 0.15) is 30.7 Å². The van der Waals surface area contributed by atoms with E-state index in [1.54, 1.807) is 18.2 Å². The van der Waals surface area contributed by atoms with Crippen molar-refractivity contribution in [3.63, 3.8) is 0 Å². The third kappa shape index (κ3) is 5.50. The Bertz CT molecular complexity index is 1210. The van der Waals surface area contributed by atoms with Crippen LogP contribution in [-0.2, 0) is 14.3 Å². The molecule has 1 saturated carbocycles. The Balaban J connectivity index is 1.24. The third-order valence-corrected chi connectivity index (χ3v) is 6.76. The number of hydrogen-bond acceptors (Lipinski definition) is 6. The maximum absolute atomic E-state index is 13.0. The Kier molecular flexibility index (Phi) is 7.14. The number of para-hydroxylation sites is 1. The largest absolute Gasteiger partial charge is 0.491 e. The van der Waals surface area contributed by atoms with Crippen molar-refractivity contribution in [2.45, 2.75) is 31.2 Å². The molecule has 2 fully saturated rings. The number of hydrogen-bond donors (Lipinski definition) is 1. The molecule has 0 aromatic heterocycles. The Hall–Kier alpha value is -3.90. The number of carbonyl (C=O) groups is 2. The van der Waals surface area contributed by atoms with Crippen LogP contribution in [0.2, 0.25) is 0 Å². The number of aliphatic hydroxyl groups is 1. The zero-order valence-corrected chi connectivity index (χ0v) is 19.7. The third-order valence-electron chi connectivity index (χ3n) is 6.76. The fourth-order valence-electron chi connectivity index (χ4n) is 4.94. The molecule has 1 unspecified atom stereocenters. The number of ether oxygens (including phenoxy) is 3. The zero-order chi connectivity index (χ0) is 24.9. The average molecular weight is 485 g/mol. The molecule has 2 aliphatic rings. The van der Waals surface area contributed by atoms with Crippen molar-refractivity contribution in [2.75, 3.05) is 6.61 Å². The lowest BCUT2D eigenvalue weighted by Gasteiger charge is -2.20. The van der Waals surface area contributed by atoms with Gasteiger partial charge < -0.3 is 19.3 Å². The molecule has 3 aromatic carbocycles. The van der Waals surface area contributed by atoms with Crippen LogP contribution >= 0.6 is 0 Å². The highest BCUT2D eigenvalue weighted by molar-refractivity contribution is 5.90. The molecule has 1 aliphatic carbocycles. The van der Waals surface area contributed by atoms with Crippen LogP contribution in [0.1, 0.15) is 23.2 Å². The van der Waals surface area contributed by atoms with E-state index in [9.17, 15) is 14.7 Å². The molecular formula is C30H28O6. The molecule has 3 aromatic rings. The van der Waals surface area contributed by atoms with Crippen LogP contribution in [0.5, 0.6) is 5.75 Å². The first kappa shape index (κ1) is 23.8. The van der Waals surface area contributed by atoms with Crippen LogP contribution < -0.4 is 4.74 Å². The molecule has 0 radical (unpaired) electrons. The SMILES string of the molecule is O=C1C[C@@H]2[C@@H](C=CC(O)COc3ccccc3)[C@H](OC(=O)c3ccc(-c4ccccc4)cc3)C[C@@H]2O1. The predicted molar refractivity (Wildman–Crippen MR) is 134 cm³/mol. The fraction of sp³-hybridized carbons (Fsp3) is 0.267. The minimum absolute atomic E-state index is 0.0887. The molecule has 0 spiro atoms. The van der Waals surface area contributed by atoms with E-state index in [2.05, 4.69) is 0 Å². The van der Waals surface area contributed by atoms with E-state index in [0.29, 0.717) is 17.7 Å². The highest BCUT2D eigenvalue weighted by Gasteiger charge is 2.50. The molecule has 0 bridgehead atoms. The van der Waals surface area contributed by atoms with E-state index >= 15 is 0 Å². The van der Waals surface area contributed by atoms with Crippen molar-refractivity contribution in [1.29, 1.82) is 0 Å². The second-order valence-corrected chi connectivity index (χ2v) is 9.17. The summed E-state index contributed by atoms with van der Waals surface area (Å²) in [6.07, 6.45) is 2.61. The number of rotatable bonds is 8. The lowest BCUT2D eigenvalue weighted by molar-refractivity contribution is -0.141. The number of benzene rings is 3. The molecule has 5 rings (SSSR count). The van der Waals surface area contributed by atoms with Crippen LogP contribution in [0.25, 0.3) is 11.1 Å². The summed E-state index contributed by atoms with van der Waals surface area (Å²) in [7, 11) is 0. The van der Waals surface area contributed by atoms with E-state index in [0.717, 1.165) is 11.1 Å². The van der Waals surface area contributed by atoms with E-state index in [1.807, 2.05) is 78.9 Å². The monoisotopic (exact) mass is 484 g/mol. The van der Waals surface area contributed by atoms with Gasteiger partial charge in [-0.05, 0) is 35.4 Å². The van der Waals surface area contributed by atoms with E-state index in [4.69, 9.17) is 14.2 Å². The van der Waals surface area contributed by atoms with Crippen molar-refractivity contribution in [1.82, 2.24) is 0 Å². The molecule has 1 heterocycles. The average Bonchev–Trinajstić information content (AvgIpc) is 3.42. The second-order valence-electron chi connectivity index (χ2n) is 9.17. The normalized spacial score (nSPS) is 23.8. The zero-order valence-electron chi connectivity index (χ0n) is 19.7. The molecular weight excluding hydrogens is 456 g/mol. The van der Waals surface area contributed by atoms with Crippen molar-refractivity contribution < 1.29 is 28.9 Å². The summed E-state index contributed by atoms with van der Waals surface area (Å²) in [5, 5.41) is 10.4. The minimum atomic E-state index is -0.843. The van der Waals surface area contributed by atoms with Gasteiger partial charge in [0, 0.05) is 18.3 Å². The molecule has 1 aliphatic heterocycles. The topological polar surface area (TPSA) is 82.1 Å². The maximum atomic E-state index is 13.0. The summed E-state index contributed by atoms with van der Waals surface area (Å²) < 4.78 is 17.0. The number of fused-ring (bicyclic) bond motifs is 1. The summed E-state index contributed by atoms with van der Waals surface area (Å²) in [4.78, 5) is 24.8. The molecule has 1 N–H and O–H groups in total. The van der Waals surface area contributed by atoms with Gasteiger partial charge in [0.05, 0.1) is 12.0 Å². The van der Waals surface area contributed by atoms with Crippen LogP contribution in [-0.4, -0.2) is 42.0 Å². The number of aliphatic hydroxyl groups excluding tert-OH is 1. The fourth-order valence-corrected chi connectivity index (χ4v) is 4.94. The van der Waals surface area contributed by atoms with Gasteiger partial charge in [-0.1, -0.05) is 72.8 Å². The molecule has 1 saturated heterocycles. The second kappa shape index (κ2) is 10.8. The Morgan fingerprint density at radius 3 is 2.36 bits per heavy atom. The van der Waals surface area contributed by atoms with Gasteiger partial charge in [-0.15, -0.1) is 0 Å². The van der Waals surface area contributed by atoms with Gasteiger partial charge in [0.15, 0.2) is 0 Å². The molecule has 5 atom stereocenters. The molecule has 0 amide bonds. The van der Waals surface area contributed by atoms with Crippen LogP contribution in [0.3, 0.4) is 0 Å². The van der Waals surface area contributed by atoms with Crippen LogP contribution in [0, 0.1) is 11.8 Å². The van der Waals surface area contributed by atoms with Gasteiger partial charge in [0.25, 0.3) is 0 Å². The summed E-state index contributed by atoms with van der Waals surface area (Å²) in [6, 6.07) is 26.5. The molecule has 36 heavy (non-hydrogen) atoms. The quantitative estimate of drug-likeness (QED) is 0.364. The summed E-state index contributed by atoms with van der Waals surface area (Å²) >= 11 is 0. The Morgan fingerprint density at radius 1 is 0.972 bits per heavy atom. The first-order valence-corrected chi connectivity index (χ1v) is 12.2. The molecule has 184 valence electrons. The van der Waals surface area contributed by atoms with Crippen LogP contribution in [0.4, 0.5) is 0 Å². The highest BCUT2D eigenvalue weighted by Crippen LogP contribution is 2.43. The van der Waals surface area contributed by atoms with E-state index in [1.165, 1.54) is 0 Å². The number of esters is 2. The Labute approximate surface area is 210 Å². The van der Waals surface area contributed by atoms with E-state index < -0.39 is 18.2 Å². The first-order chi connectivity index (χ1) is 17.6. The van der Waals surface area contributed by atoms with Gasteiger partial charge in [-0.3, -0.25) is 4.79 Å². The van der Waals surface area contributed by atoms with Gasteiger partial charge in [-0.25, -0.2) is 4.79 Å². The van der Waals surface area contributed by atoms with Crippen molar-refractivity contribution in [3.8, 4) is 16.9 Å². The van der Waals surface area contributed by atoms with Gasteiger partial charge in [-0.2, -0.15) is 0 Å². The maximum Gasteiger partial charge on any atom is 0.338 e. The predicted octanol–water partition coefficient (Wildman–Crippen LogP) is 4.83. The smallest absolute Gasteiger partial charge is 0.338 e. The lowest BCUT2D eigenvalue weighted by Crippen LogP contribution is -2.25. The van der Waals surface area contributed by atoms with Crippen molar-refractivity contribution >= 4 is 11.9 Å². The highest BCUT2D eigenvalue weighted by atomic mass is 16.6. The first-order valence-electron chi connectivity index (χ1n) is 12.2. The van der Waals surface area contributed by atoms with Crippen molar-refractivity contribution in [2.24, 2.45) is 11.8 Å². The summed E-state index contributed by atoms with van der Waals surface area (Å²) in [6.45, 7) is 0.0922. The molecule has 6 nitrogen and oxygen atoms in total. The number of carbonyl (C=O) groups excluding carboxylic acids is 2. The summed E-state index contributed by atoms with van der Waals surface area (Å²) in [5.74, 6) is -0.310. The summed E-state index contributed by atoms with van der Waals surface area (Å²) in [5.41, 5.74) is 2.55. The Morgan fingerprint density at radius 2 is 1.64 bits per heavy atom. The van der Waals surface area contributed by atoms with Gasteiger partial charge in [0.2, 0.25) is 0 Å². The van der Waals surface area contributed by atoms with E-state index in [-0.39, 0.29) is 36.9 Å². The van der Waals surface area contributed by atoms with Gasteiger partial charge >= 0.3 is 11.9 Å². The lowest BCUT2D eigenvalue weighted by atomic mass is 9.91. The minimum Gasteiger partial charge on any atom is -0.491 e.